The number of carboxylic acids is 1. The van der Waals surface area contributed by atoms with Crippen LogP contribution in [0.25, 0.3) is 0 Å². The minimum atomic E-state index is -0.724. The molecule has 1 saturated carbocycles. The van der Waals surface area contributed by atoms with E-state index >= 15 is 0 Å². The molecule has 28 heavy (non-hydrogen) atoms. The van der Waals surface area contributed by atoms with E-state index in [0.717, 1.165) is 44.9 Å². The summed E-state index contributed by atoms with van der Waals surface area (Å²) in [5, 5.41) is 18.0. The largest absolute Gasteiger partial charge is 0.481 e. The van der Waals surface area contributed by atoms with Gasteiger partial charge in [0.05, 0.1) is 6.10 Å². The maximum absolute atomic E-state index is 10.6. The fourth-order valence-corrected chi connectivity index (χ4v) is 4.48. The molecule has 6 nitrogen and oxygen atoms in total. The highest BCUT2D eigenvalue weighted by Crippen LogP contribution is 2.45. The minimum Gasteiger partial charge on any atom is -0.481 e. The molecule has 0 amide bonds. The lowest BCUT2D eigenvalue weighted by molar-refractivity contribution is -0.337. The van der Waals surface area contributed by atoms with Gasteiger partial charge in [0.25, 0.3) is 0 Å². The smallest absolute Gasteiger partial charge is 0.303 e. The van der Waals surface area contributed by atoms with E-state index in [0.29, 0.717) is 5.92 Å². The standard InChI is InChI=1S/C22H38O6/c1-2-3-4-5-6-8-11-17(26-25)14-15-19-18(20-16-21(19)28-27-20)12-9-7-10-13-22(23)24/h14-15,17-21,25H,2-13,16H2,1H3,(H,23,24)/t17?,18-,19-,20-,21-/m1/s1. The Kier molecular flexibility index (Phi) is 11.1. The maximum Gasteiger partial charge on any atom is 0.303 e. The van der Waals surface area contributed by atoms with Crippen LogP contribution in [-0.2, 0) is 19.5 Å². The van der Waals surface area contributed by atoms with Crippen molar-refractivity contribution >= 4 is 5.97 Å². The van der Waals surface area contributed by atoms with Gasteiger partial charge < -0.3 is 5.11 Å². The third-order valence-corrected chi connectivity index (χ3v) is 6.12. The van der Waals surface area contributed by atoms with Crippen molar-refractivity contribution in [2.45, 2.75) is 109 Å². The Hall–Kier alpha value is -0.950. The first kappa shape index (κ1) is 23.3. The van der Waals surface area contributed by atoms with E-state index in [1.807, 2.05) is 6.08 Å². The molecule has 2 aliphatic rings. The van der Waals surface area contributed by atoms with Crippen molar-refractivity contribution in [3.63, 3.8) is 0 Å². The molecular formula is C22H38O6. The highest BCUT2D eigenvalue weighted by molar-refractivity contribution is 5.66. The van der Waals surface area contributed by atoms with Crippen LogP contribution in [0.4, 0.5) is 0 Å². The predicted molar refractivity (Wildman–Crippen MR) is 107 cm³/mol. The van der Waals surface area contributed by atoms with Crippen LogP contribution in [0.5, 0.6) is 0 Å². The van der Waals surface area contributed by atoms with Crippen molar-refractivity contribution < 1.29 is 29.8 Å². The van der Waals surface area contributed by atoms with Gasteiger partial charge in [-0.25, -0.2) is 14.7 Å². The molecule has 1 heterocycles. The summed E-state index contributed by atoms with van der Waals surface area (Å²) in [6.45, 7) is 2.22. The number of carbonyl (C=O) groups is 1. The van der Waals surface area contributed by atoms with Crippen LogP contribution in [-0.4, -0.2) is 34.6 Å². The van der Waals surface area contributed by atoms with Crippen molar-refractivity contribution in [1.29, 1.82) is 0 Å². The van der Waals surface area contributed by atoms with Crippen LogP contribution in [0.3, 0.4) is 0 Å². The summed E-state index contributed by atoms with van der Waals surface area (Å²) in [6.07, 6.45) is 17.1. The Morgan fingerprint density at radius 3 is 2.54 bits per heavy atom. The lowest BCUT2D eigenvalue weighted by Gasteiger charge is -2.28. The lowest BCUT2D eigenvalue weighted by Crippen LogP contribution is -2.29. The number of hydrogen-bond acceptors (Lipinski definition) is 5. The van der Waals surface area contributed by atoms with Gasteiger partial charge in [-0.2, -0.15) is 0 Å². The van der Waals surface area contributed by atoms with Crippen LogP contribution in [0.1, 0.15) is 90.4 Å². The third kappa shape index (κ3) is 7.82. The van der Waals surface area contributed by atoms with Gasteiger partial charge in [-0.15, -0.1) is 0 Å². The van der Waals surface area contributed by atoms with Gasteiger partial charge in [0.1, 0.15) is 12.2 Å². The van der Waals surface area contributed by atoms with Crippen LogP contribution in [0.15, 0.2) is 12.2 Å². The topological polar surface area (TPSA) is 85.2 Å². The number of aliphatic carboxylic acids is 1. The quantitative estimate of drug-likeness (QED) is 0.154. The molecule has 1 aliphatic heterocycles. The fraction of sp³-hybridized carbons (Fsp3) is 0.864. The summed E-state index contributed by atoms with van der Waals surface area (Å²) in [7, 11) is 0. The first-order chi connectivity index (χ1) is 13.7. The number of fused-ring (bicyclic) bond motifs is 2. The second kappa shape index (κ2) is 13.3. The van der Waals surface area contributed by atoms with E-state index in [2.05, 4.69) is 17.9 Å². The van der Waals surface area contributed by atoms with Crippen molar-refractivity contribution in [2.75, 3.05) is 0 Å². The van der Waals surface area contributed by atoms with E-state index in [1.165, 1.54) is 32.1 Å². The first-order valence-electron chi connectivity index (χ1n) is 11.2. The lowest BCUT2D eigenvalue weighted by atomic mass is 9.87. The molecule has 0 aromatic rings. The number of rotatable bonds is 16. The summed E-state index contributed by atoms with van der Waals surface area (Å²) >= 11 is 0. The Labute approximate surface area is 169 Å². The predicted octanol–water partition coefficient (Wildman–Crippen LogP) is 5.52. The van der Waals surface area contributed by atoms with E-state index in [4.69, 9.17) is 14.9 Å². The Morgan fingerprint density at radius 1 is 1.07 bits per heavy atom. The Balaban J connectivity index is 1.73. The average Bonchev–Trinajstić information content (AvgIpc) is 3.28. The summed E-state index contributed by atoms with van der Waals surface area (Å²) in [5.74, 6) is -0.0495. The summed E-state index contributed by atoms with van der Waals surface area (Å²) in [4.78, 5) is 26.1. The van der Waals surface area contributed by atoms with Crippen molar-refractivity contribution in [1.82, 2.24) is 0 Å². The molecule has 2 fully saturated rings. The van der Waals surface area contributed by atoms with Gasteiger partial charge in [0, 0.05) is 18.8 Å². The number of carboxylic acid groups (broad SMARTS) is 1. The number of hydrogen-bond donors (Lipinski definition) is 2. The molecular weight excluding hydrogens is 360 g/mol. The van der Waals surface area contributed by atoms with E-state index in [9.17, 15) is 10.1 Å². The highest BCUT2D eigenvalue weighted by Gasteiger charge is 2.49. The summed E-state index contributed by atoms with van der Waals surface area (Å²) in [6, 6.07) is 0. The SMILES string of the molecule is CCCCCCCCC(C=C[C@@H]1[C@@H](CCCCCC(=O)O)[C@H]2C[C@H]1OO2)OO. The molecule has 5 atom stereocenters. The molecule has 1 saturated heterocycles. The Bertz CT molecular complexity index is 466. The molecule has 0 aromatic heterocycles. The third-order valence-electron chi connectivity index (χ3n) is 6.12. The van der Waals surface area contributed by atoms with Gasteiger partial charge in [-0.05, 0) is 25.2 Å². The fourth-order valence-electron chi connectivity index (χ4n) is 4.48. The zero-order chi connectivity index (χ0) is 20.2. The molecule has 162 valence electrons. The average molecular weight is 399 g/mol. The maximum atomic E-state index is 10.6. The van der Waals surface area contributed by atoms with Gasteiger partial charge in [-0.3, -0.25) is 10.1 Å². The second-order valence-corrected chi connectivity index (χ2v) is 8.32. The van der Waals surface area contributed by atoms with E-state index < -0.39 is 5.97 Å². The van der Waals surface area contributed by atoms with Crippen molar-refractivity contribution in [2.24, 2.45) is 11.8 Å². The molecule has 1 unspecified atom stereocenters. The summed E-state index contributed by atoms with van der Waals surface area (Å²) in [5.41, 5.74) is 0. The normalized spacial score (nSPS) is 27.6. The summed E-state index contributed by atoms with van der Waals surface area (Å²) < 4.78 is 0. The van der Waals surface area contributed by atoms with E-state index in [1.54, 1.807) is 0 Å². The van der Waals surface area contributed by atoms with E-state index in [-0.39, 0.29) is 30.7 Å². The zero-order valence-corrected chi connectivity index (χ0v) is 17.3. The molecule has 1 aliphatic carbocycles. The zero-order valence-electron chi connectivity index (χ0n) is 17.3. The van der Waals surface area contributed by atoms with Crippen LogP contribution < -0.4 is 0 Å². The van der Waals surface area contributed by atoms with Crippen LogP contribution in [0.2, 0.25) is 0 Å². The van der Waals surface area contributed by atoms with Crippen molar-refractivity contribution in [3.8, 4) is 0 Å². The van der Waals surface area contributed by atoms with Crippen molar-refractivity contribution in [3.05, 3.63) is 12.2 Å². The van der Waals surface area contributed by atoms with Gasteiger partial charge >= 0.3 is 5.97 Å². The molecule has 0 spiro atoms. The monoisotopic (exact) mass is 398 g/mol. The molecule has 0 aromatic carbocycles. The Morgan fingerprint density at radius 2 is 1.79 bits per heavy atom. The molecule has 6 heteroatoms. The first-order valence-corrected chi connectivity index (χ1v) is 11.2. The van der Waals surface area contributed by atoms with Gasteiger partial charge in [-0.1, -0.05) is 70.4 Å². The molecule has 0 radical (unpaired) electrons. The molecule has 2 bridgehead atoms. The second-order valence-electron chi connectivity index (χ2n) is 8.32. The highest BCUT2D eigenvalue weighted by atomic mass is 17.2. The van der Waals surface area contributed by atoms with Crippen LogP contribution in [0, 0.1) is 11.8 Å². The van der Waals surface area contributed by atoms with Gasteiger partial charge in [0.15, 0.2) is 0 Å². The minimum absolute atomic E-state index is 0.0821. The molecule has 2 rings (SSSR count). The van der Waals surface area contributed by atoms with Crippen LogP contribution >= 0.6 is 0 Å². The van der Waals surface area contributed by atoms with Gasteiger partial charge in [0.2, 0.25) is 0 Å². The molecule has 2 N–H and O–H groups in total. The number of unbranched alkanes of at least 4 members (excludes halogenated alkanes) is 7.